The van der Waals surface area contributed by atoms with Gasteiger partial charge in [0.2, 0.25) is 0 Å². The molecule has 0 radical (unpaired) electrons. The van der Waals surface area contributed by atoms with Gasteiger partial charge in [-0.1, -0.05) is 19.3 Å². The fourth-order valence-corrected chi connectivity index (χ4v) is 3.72. The van der Waals surface area contributed by atoms with Crippen LogP contribution in [0.1, 0.15) is 38.5 Å². The molecule has 1 aromatic rings. The highest BCUT2D eigenvalue weighted by molar-refractivity contribution is 5.22. The lowest BCUT2D eigenvalue weighted by atomic mass is 9.94. The minimum absolute atomic E-state index is 0.230. The van der Waals surface area contributed by atoms with Crippen molar-refractivity contribution < 1.29 is 13.9 Å². The summed E-state index contributed by atoms with van der Waals surface area (Å²) in [5.74, 6) is 0.465. The third kappa shape index (κ3) is 3.61. The average Bonchev–Trinajstić information content (AvgIpc) is 3.00. The zero-order chi connectivity index (χ0) is 15.4. The van der Waals surface area contributed by atoms with Gasteiger partial charge >= 0.3 is 0 Å². The Hall–Kier alpha value is -1.13. The van der Waals surface area contributed by atoms with Gasteiger partial charge in [0.25, 0.3) is 0 Å². The molecule has 0 aromatic heterocycles. The van der Waals surface area contributed by atoms with E-state index in [2.05, 4.69) is 4.90 Å². The van der Waals surface area contributed by atoms with Gasteiger partial charge in [0.15, 0.2) is 0 Å². The quantitative estimate of drug-likeness (QED) is 0.829. The van der Waals surface area contributed by atoms with Gasteiger partial charge in [-0.05, 0) is 43.5 Å². The van der Waals surface area contributed by atoms with Gasteiger partial charge < -0.3 is 9.47 Å². The molecule has 1 unspecified atom stereocenters. The molecule has 3 nitrogen and oxygen atoms in total. The maximum absolute atomic E-state index is 12.9. The molecule has 1 atom stereocenters. The van der Waals surface area contributed by atoms with Gasteiger partial charge in [0, 0.05) is 26.2 Å². The van der Waals surface area contributed by atoms with E-state index in [1.54, 1.807) is 19.2 Å². The Kier molecular flexibility index (Phi) is 4.99. The molecule has 1 saturated carbocycles. The first-order valence-electron chi connectivity index (χ1n) is 8.38. The summed E-state index contributed by atoms with van der Waals surface area (Å²) in [6.45, 7) is 2.55. The number of benzene rings is 1. The second-order valence-electron chi connectivity index (χ2n) is 6.64. The molecule has 0 amide bonds. The second kappa shape index (κ2) is 6.97. The van der Waals surface area contributed by atoms with Crippen LogP contribution in [-0.2, 0) is 4.74 Å². The molecule has 3 rings (SSSR count). The van der Waals surface area contributed by atoms with Crippen LogP contribution < -0.4 is 4.74 Å². The van der Waals surface area contributed by atoms with Crippen molar-refractivity contribution in [3.8, 4) is 5.75 Å². The first-order chi connectivity index (χ1) is 10.7. The van der Waals surface area contributed by atoms with E-state index in [9.17, 15) is 4.39 Å². The standard InChI is InChI=1S/C18H26FNO2/c1-21-18(14-22-17-9-7-15(19)8-10-17)11-12-20(13-18)16-5-3-2-4-6-16/h7-10,16H,2-6,11-14H2,1H3. The van der Waals surface area contributed by atoms with Gasteiger partial charge in [-0.2, -0.15) is 0 Å². The van der Waals surface area contributed by atoms with E-state index in [0.717, 1.165) is 25.6 Å². The van der Waals surface area contributed by atoms with E-state index >= 15 is 0 Å². The van der Waals surface area contributed by atoms with Gasteiger partial charge in [-0.15, -0.1) is 0 Å². The maximum Gasteiger partial charge on any atom is 0.123 e. The molecule has 0 bridgehead atoms. The molecule has 1 saturated heterocycles. The van der Waals surface area contributed by atoms with Gasteiger partial charge in [0.1, 0.15) is 23.8 Å². The molecule has 1 aliphatic heterocycles. The summed E-state index contributed by atoms with van der Waals surface area (Å²) >= 11 is 0. The van der Waals surface area contributed by atoms with Crippen molar-refractivity contribution in [3.05, 3.63) is 30.1 Å². The number of hydrogen-bond donors (Lipinski definition) is 0. The summed E-state index contributed by atoms with van der Waals surface area (Å²) in [6, 6.07) is 6.92. The van der Waals surface area contributed by atoms with Crippen LogP contribution >= 0.6 is 0 Å². The van der Waals surface area contributed by atoms with Crippen LogP contribution in [0.4, 0.5) is 4.39 Å². The molecular formula is C18H26FNO2. The number of hydrogen-bond acceptors (Lipinski definition) is 3. The van der Waals surface area contributed by atoms with E-state index in [1.165, 1.54) is 44.2 Å². The first kappa shape index (κ1) is 15.8. The highest BCUT2D eigenvalue weighted by atomic mass is 19.1. The SMILES string of the molecule is COC1(COc2ccc(F)cc2)CCN(C2CCCCC2)C1. The summed E-state index contributed by atoms with van der Waals surface area (Å²) in [5, 5.41) is 0. The first-order valence-corrected chi connectivity index (χ1v) is 8.38. The number of likely N-dealkylation sites (tertiary alicyclic amines) is 1. The van der Waals surface area contributed by atoms with Crippen LogP contribution in [0.5, 0.6) is 5.75 Å². The molecule has 122 valence electrons. The third-order valence-electron chi connectivity index (χ3n) is 5.19. The van der Waals surface area contributed by atoms with Crippen molar-refractivity contribution in [2.75, 3.05) is 26.8 Å². The summed E-state index contributed by atoms with van der Waals surface area (Å²) in [7, 11) is 1.78. The molecule has 0 N–H and O–H groups in total. The molecule has 1 heterocycles. The Morgan fingerprint density at radius 1 is 1.18 bits per heavy atom. The maximum atomic E-state index is 12.9. The Morgan fingerprint density at radius 3 is 2.59 bits per heavy atom. The van der Waals surface area contributed by atoms with Crippen LogP contribution in [0.2, 0.25) is 0 Å². The fraction of sp³-hybridized carbons (Fsp3) is 0.667. The molecule has 1 aliphatic carbocycles. The second-order valence-corrected chi connectivity index (χ2v) is 6.64. The van der Waals surface area contributed by atoms with Gasteiger partial charge in [-0.25, -0.2) is 4.39 Å². The zero-order valence-corrected chi connectivity index (χ0v) is 13.4. The van der Waals surface area contributed by atoms with E-state index < -0.39 is 0 Å². The molecule has 4 heteroatoms. The number of ether oxygens (including phenoxy) is 2. The minimum Gasteiger partial charge on any atom is -0.491 e. The summed E-state index contributed by atoms with van der Waals surface area (Å²) in [6.07, 6.45) is 7.73. The largest absolute Gasteiger partial charge is 0.491 e. The Morgan fingerprint density at radius 2 is 1.91 bits per heavy atom. The van der Waals surface area contributed by atoms with Crippen molar-refractivity contribution in [1.82, 2.24) is 4.90 Å². The molecule has 2 aliphatic rings. The molecule has 22 heavy (non-hydrogen) atoms. The third-order valence-corrected chi connectivity index (χ3v) is 5.19. The molecule has 0 spiro atoms. The summed E-state index contributed by atoms with van der Waals surface area (Å²) in [4.78, 5) is 2.58. The molecule has 2 fully saturated rings. The smallest absolute Gasteiger partial charge is 0.123 e. The van der Waals surface area contributed by atoms with Crippen LogP contribution in [-0.4, -0.2) is 43.3 Å². The normalized spacial score (nSPS) is 27.2. The predicted octanol–water partition coefficient (Wildman–Crippen LogP) is 3.63. The lowest BCUT2D eigenvalue weighted by molar-refractivity contribution is -0.0389. The number of rotatable bonds is 5. The predicted molar refractivity (Wildman–Crippen MR) is 84.7 cm³/mol. The van der Waals surface area contributed by atoms with Crippen molar-refractivity contribution >= 4 is 0 Å². The van der Waals surface area contributed by atoms with Crippen molar-refractivity contribution in [1.29, 1.82) is 0 Å². The van der Waals surface area contributed by atoms with Crippen LogP contribution in [0.15, 0.2) is 24.3 Å². The van der Waals surface area contributed by atoms with Crippen molar-refractivity contribution in [2.24, 2.45) is 0 Å². The zero-order valence-electron chi connectivity index (χ0n) is 13.4. The Labute approximate surface area is 132 Å². The van der Waals surface area contributed by atoms with E-state index in [1.807, 2.05) is 0 Å². The monoisotopic (exact) mass is 307 g/mol. The number of nitrogens with zero attached hydrogens (tertiary/aromatic N) is 1. The van der Waals surface area contributed by atoms with Crippen LogP contribution in [0, 0.1) is 5.82 Å². The van der Waals surface area contributed by atoms with Gasteiger partial charge in [0.05, 0.1) is 0 Å². The van der Waals surface area contributed by atoms with E-state index in [4.69, 9.17) is 9.47 Å². The average molecular weight is 307 g/mol. The Bertz CT molecular complexity index is 472. The van der Waals surface area contributed by atoms with Crippen molar-refractivity contribution in [3.63, 3.8) is 0 Å². The highest BCUT2D eigenvalue weighted by Gasteiger charge is 2.41. The lowest BCUT2D eigenvalue weighted by Crippen LogP contribution is -2.44. The molecule has 1 aromatic carbocycles. The van der Waals surface area contributed by atoms with E-state index in [-0.39, 0.29) is 11.4 Å². The number of halogens is 1. The highest BCUT2D eigenvalue weighted by Crippen LogP contribution is 2.32. The van der Waals surface area contributed by atoms with Crippen LogP contribution in [0.25, 0.3) is 0 Å². The molecular weight excluding hydrogens is 281 g/mol. The van der Waals surface area contributed by atoms with Crippen LogP contribution in [0.3, 0.4) is 0 Å². The minimum atomic E-state index is -0.238. The fourth-order valence-electron chi connectivity index (χ4n) is 3.72. The topological polar surface area (TPSA) is 21.7 Å². The van der Waals surface area contributed by atoms with E-state index in [0.29, 0.717) is 12.4 Å². The Balaban J connectivity index is 1.57. The lowest BCUT2D eigenvalue weighted by Gasteiger charge is -2.33. The summed E-state index contributed by atoms with van der Waals surface area (Å²) in [5.41, 5.74) is -0.230. The van der Waals surface area contributed by atoms with Crippen molar-refractivity contribution in [2.45, 2.75) is 50.2 Å². The summed E-state index contributed by atoms with van der Waals surface area (Å²) < 4.78 is 24.6. The van der Waals surface area contributed by atoms with Gasteiger partial charge in [-0.3, -0.25) is 4.90 Å². The number of methoxy groups -OCH3 is 1.